The van der Waals surface area contributed by atoms with Crippen molar-refractivity contribution in [2.45, 2.75) is 32.9 Å². The molecule has 2 N–H and O–H groups in total. The van der Waals surface area contributed by atoms with Crippen LogP contribution in [-0.4, -0.2) is 34.9 Å². The summed E-state index contributed by atoms with van der Waals surface area (Å²) in [5.74, 6) is -2.08. The van der Waals surface area contributed by atoms with E-state index in [1.165, 1.54) is 31.5 Å². The minimum atomic E-state index is -1.15. The molecule has 2 aromatic rings. The number of amides is 2. The lowest BCUT2D eigenvalue weighted by Gasteiger charge is -2.22. The first-order valence-electron chi connectivity index (χ1n) is 8.35. The van der Waals surface area contributed by atoms with Crippen molar-refractivity contribution in [3.63, 3.8) is 0 Å². The molecule has 0 aromatic carbocycles. The molecule has 10 heteroatoms. The average Bonchev–Trinajstić information content (AvgIpc) is 3.16. The molecule has 2 amide bonds. The highest BCUT2D eigenvalue weighted by Gasteiger charge is 2.30. The molecule has 0 fully saturated rings. The molecule has 2 rings (SSSR count). The molecule has 0 saturated carbocycles. The number of hydrogen-bond acceptors (Lipinski definition) is 6. The van der Waals surface area contributed by atoms with Gasteiger partial charge in [-0.1, -0.05) is 37.0 Å². The number of anilines is 1. The normalized spacial score (nSPS) is 12.9. The summed E-state index contributed by atoms with van der Waals surface area (Å²) in [6.07, 6.45) is 1.52. The van der Waals surface area contributed by atoms with Gasteiger partial charge in [-0.2, -0.15) is 0 Å². The third-order valence-electron chi connectivity index (χ3n) is 3.66. The summed E-state index contributed by atoms with van der Waals surface area (Å²) in [4.78, 5) is 40.8. The summed E-state index contributed by atoms with van der Waals surface area (Å²) in [7, 11) is 0. The Kier molecular flexibility index (Phi) is 7.42. The van der Waals surface area contributed by atoms with Gasteiger partial charge < -0.3 is 19.8 Å². The van der Waals surface area contributed by atoms with E-state index in [2.05, 4.69) is 15.6 Å². The number of aromatic nitrogens is 1. The van der Waals surface area contributed by atoms with E-state index in [0.717, 1.165) is 0 Å². The Morgan fingerprint density at radius 1 is 1.21 bits per heavy atom. The number of rotatable bonds is 7. The van der Waals surface area contributed by atoms with E-state index < -0.39 is 29.9 Å². The van der Waals surface area contributed by atoms with Crippen LogP contribution < -0.4 is 10.6 Å². The van der Waals surface area contributed by atoms with Crippen LogP contribution in [0.25, 0.3) is 0 Å². The average molecular weight is 428 g/mol. The number of pyridine rings is 1. The zero-order valence-electron chi connectivity index (χ0n) is 15.4. The maximum absolute atomic E-state index is 12.5. The number of carbonyl (C=O) groups excluding carboxylic acids is 3. The van der Waals surface area contributed by atoms with Crippen LogP contribution >= 0.6 is 23.2 Å². The molecule has 2 atom stereocenters. The van der Waals surface area contributed by atoms with Crippen molar-refractivity contribution in [1.82, 2.24) is 10.3 Å². The van der Waals surface area contributed by atoms with Crippen LogP contribution in [0.5, 0.6) is 0 Å². The van der Waals surface area contributed by atoms with Crippen molar-refractivity contribution in [3.8, 4) is 0 Å². The molecule has 0 aliphatic heterocycles. The molecule has 0 saturated heterocycles. The summed E-state index contributed by atoms with van der Waals surface area (Å²) in [5, 5.41) is 5.45. The highest BCUT2D eigenvalue weighted by molar-refractivity contribution is 6.36. The second-order valence-electron chi connectivity index (χ2n) is 6.22. The van der Waals surface area contributed by atoms with Gasteiger partial charge in [-0.05, 0) is 31.0 Å². The number of hydrogen-bond donors (Lipinski definition) is 2. The fourth-order valence-electron chi connectivity index (χ4n) is 2.14. The third-order valence-corrected chi connectivity index (χ3v) is 4.16. The highest BCUT2D eigenvalue weighted by Crippen LogP contribution is 2.22. The molecule has 0 aliphatic rings. The largest absolute Gasteiger partial charge is 0.459 e. The van der Waals surface area contributed by atoms with Gasteiger partial charge in [0.15, 0.2) is 17.7 Å². The van der Waals surface area contributed by atoms with Gasteiger partial charge in [0.2, 0.25) is 0 Å². The maximum atomic E-state index is 12.5. The highest BCUT2D eigenvalue weighted by atomic mass is 35.5. The molecule has 0 unspecified atom stereocenters. The predicted molar refractivity (Wildman–Crippen MR) is 103 cm³/mol. The van der Waals surface area contributed by atoms with Crippen LogP contribution in [0.1, 0.15) is 31.3 Å². The molecule has 8 nitrogen and oxygen atoms in total. The van der Waals surface area contributed by atoms with E-state index in [1.54, 1.807) is 19.9 Å². The molecule has 2 heterocycles. The van der Waals surface area contributed by atoms with Crippen molar-refractivity contribution >= 4 is 46.8 Å². The number of esters is 1. The van der Waals surface area contributed by atoms with E-state index in [-0.39, 0.29) is 22.5 Å². The van der Waals surface area contributed by atoms with E-state index >= 15 is 0 Å². The van der Waals surface area contributed by atoms with Crippen molar-refractivity contribution in [2.75, 3.05) is 5.32 Å². The number of nitrogens with zero attached hydrogens (tertiary/aromatic N) is 1. The smallest absolute Gasteiger partial charge is 0.329 e. The van der Waals surface area contributed by atoms with E-state index in [9.17, 15) is 14.4 Å². The summed E-state index contributed by atoms with van der Waals surface area (Å²) in [6, 6.07) is 3.48. The number of nitrogens with one attached hydrogen (secondary N) is 2. The molecule has 2 aromatic heterocycles. The maximum Gasteiger partial charge on any atom is 0.329 e. The van der Waals surface area contributed by atoms with Crippen molar-refractivity contribution in [3.05, 3.63) is 46.5 Å². The zero-order valence-corrected chi connectivity index (χ0v) is 16.9. The number of ether oxygens (including phenoxy) is 1. The SMILES string of the molecule is CC(C)[C@H](NC(=O)c1ccco1)C(=O)O[C@@H](C)C(=O)Nc1ncc(Cl)cc1Cl. The van der Waals surface area contributed by atoms with Crippen LogP contribution in [-0.2, 0) is 14.3 Å². The van der Waals surface area contributed by atoms with Gasteiger partial charge in [0, 0.05) is 6.20 Å². The molecule has 0 aliphatic carbocycles. The molecule has 150 valence electrons. The van der Waals surface area contributed by atoms with Crippen LogP contribution in [0, 0.1) is 5.92 Å². The monoisotopic (exact) mass is 427 g/mol. The van der Waals surface area contributed by atoms with Crippen LogP contribution in [0.2, 0.25) is 10.0 Å². The molecular formula is C18H19Cl2N3O5. The first-order valence-corrected chi connectivity index (χ1v) is 9.11. The number of carbonyl (C=O) groups is 3. The van der Waals surface area contributed by atoms with Crippen molar-refractivity contribution < 1.29 is 23.5 Å². The van der Waals surface area contributed by atoms with Gasteiger partial charge in [0.1, 0.15) is 6.04 Å². The Morgan fingerprint density at radius 3 is 2.50 bits per heavy atom. The zero-order chi connectivity index (χ0) is 20.8. The lowest BCUT2D eigenvalue weighted by atomic mass is 10.0. The Hall–Kier alpha value is -2.58. The van der Waals surface area contributed by atoms with Crippen LogP contribution in [0.3, 0.4) is 0 Å². The van der Waals surface area contributed by atoms with Crippen LogP contribution in [0.15, 0.2) is 35.1 Å². The second-order valence-corrected chi connectivity index (χ2v) is 7.07. The van der Waals surface area contributed by atoms with Gasteiger partial charge in [-0.15, -0.1) is 0 Å². The lowest BCUT2D eigenvalue weighted by molar-refractivity contribution is -0.156. The fourth-order valence-corrected chi connectivity index (χ4v) is 2.57. The van der Waals surface area contributed by atoms with Gasteiger partial charge in [-0.25, -0.2) is 9.78 Å². The Morgan fingerprint density at radius 2 is 1.93 bits per heavy atom. The van der Waals surface area contributed by atoms with Gasteiger partial charge in [0.05, 0.1) is 16.3 Å². The number of halogens is 2. The summed E-state index contributed by atoms with van der Waals surface area (Å²) >= 11 is 11.7. The lowest BCUT2D eigenvalue weighted by Crippen LogP contribution is -2.47. The predicted octanol–water partition coefficient (Wildman–Crippen LogP) is 3.31. The quantitative estimate of drug-likeness (QED) is 0.655. The van der Waals surface area contributed by atoms with Gasteiger partial charge in [0.25, 0.3) is 11.8 Å². The molecule has 28 heavy (non-hydrogen) atoms. The number of furan rings is 1. The van der Waals surface area contributed by atoms with E-state index in [1.807, 2.05) is 0 Å². The van der Waals surface area contributed by atoms with E-state index in [4.69, 9.17) is 32.4 Å². The standard InChI is InChI=1S/C18H19Cl2N3O5/c1-9(2)14(22-17(25)13-5-4-6-27-13)18(26)28-10(3)16(24)23-15-12(20)7-11(19)8-21-15/h4-10,14H,1-3H3,(H,22,25)(H,21,23,24)/t10-,14-/m0/s1. The summed E-state index contributed by atoms with van der Waals surface area (Å²) in [5.41, 5.74) is 0. The fraction of sp³-hybridized carbons (Fsp3) is 0.333. The second kappa shape index (κ2) is 9.57. The van der Waals surface area contributed by atoms with Gasteiger partial charge in [-0.3, -0.25) is 9.59 Å². The molecule has 0 spiro atoms. The molecule has 0 bridgehead atoms. The van der Waals surface area contributed by atoms with Crippen LogP contribution in [0.4, 0.5) is 5.82 Å². The Bertz CT molecular complexity index is 855. The van der Waals surface area contributed by atoms with E-state index in [0.29, 0.717) is 5.02 Å². The first-order chi connectivity index (χ1) is 13.2. The Balaban J connectivity index is 1.99. The molecular weight excluding hydrogens is 409 g/mol. The minimum absolute atomic E-state index is 0.0627. The molecule has 0 radical (unpaired) electrons. The van der Waals surface area contributed by atoms with Crippen molar-refractivity contribution in [1.29, 1.82) is 0 Å². The van der Waals surface area contributed by atoms with Gasteiger partial charge >= 0.3 is 5.97 Å². The minimum Gasteiger partial charge on any atom is -0.459 e. The Labute approximate surface area is 171 Å². The summed E-state index contributed by atoms with van der Waals surface area (Å²) in [6.45, 7) is 4.86. The van der Waals surface area contributed by atoms with Crippen molar-refractivity contribution in [2.24, 2.45) is 5.92 Å². The third kappa shape index (κ3) is 5.71. The summed E-state index contributed by atoms with van der Waals surface area (Å²) < 4.78 is 10.2. The topological polar surface area (TPSA) is 111 Å². The first kappa shape index (κ1) is 21.7.